The second kappa shape index (κ2) is 7.70. The van der Waals surface area contributed by atoms with Gasteiger partial charge in [0.25, 0.3) is 0 Å². The molecule has 0 fully saturated rings. The summed E-state index contributed by atoms with van der Waals surface area (Å²) in [5, 5.41) is 0. The van der Waals surface area contributed by atoms with Crippen LogP contribution in [0.2, 0.25) is 0 Å². The topological polar surface area (TPSA) is 70.8 Å². The third-order valence-corrected chi connectivity index (χ3v) is 2.51. The predicted octanol–water partition coefficient (Wildman–Crippen LogP) is 1.54. The summed E-state index contributed by atoms with van der Waals surface area (Å²) in [6.45, 7) is 2.81. The summed E-state index contributed by atoms with van der Waals surface area (Å²) in [6, 6.07) is 2.51. The number of hydrogen-bond acceptors (Lipinski definition) is 5. The minimum atomic E-state index is -0.624. The van der Waals surface area contributed by atoms with Crippen LogP contribution in [0, 0.1) is 12.7 Å². The Kier molecular flexibility index (Phi) is 6.24. The molecule has 0 saturated heterocycles. The molecule has 0 spiro atoms. The van der Waals surface area contributed by atoms with Gasteiger partial charge in [0.1, 0.15) is 12.4 Å². The highest BCUT2D eigenvalue weighted by Crippen LogP contribution is 2.18. The molecule has 1 rings (SSSR count). The quantitative estimate of drug-likeness (QED) is 0.462. The maximum Gasteiger partial charge on any atom is 0.338 e. The molecule has 5 nitrogen and oxygen atoms in total. The van der Waals surface area contributed by atoms with E-state index in [1.54, 1.807) is 14.0 Å². The first-order chi connectivity index (χ1) is 9.06. The first kappa shape index (κ1) is 15.4. The van der Waals surface area contributed by atoms with Crippen molar-refractivity contribution in [3.63, 3.8) is 0 Å². The lowest BCUT2D eigenvalue weighted by molar-refractivity contribution is 0.0213. The maximum absolute atomic E-state index is 13.4. The van der Waals surface area contributed by atoms with Gasteiger partial charge in [0.05, 0.1) is 25.4 Å². The molecule has 19 heavy (non-hydrogen) atoms. The van der Waals surface area contributed by atoms with Crippen LogP contribution in [0.1, 0.15) is 15.9 Å². The van der Waals surface area contributed by atoms with Crippen molar-refractivity contribution in [3.8, 4) is 0 Å². The first-order valence-corrected chi connectivity index (χ1v) is 5.85. The molecule has 106 valence electrons. The number of carbonyl (C=O) groups is 1. The van der Waals surface area contributed by atoms with E-state index in [0.29, 0.717) is 18.8 Å². The Morgan fingerprint density at radius 3 is 2.58 bits per heavy atom. The Morgan fingerprint density at radius 1 is 1.26 bits per heavy atom. The molecule has 0 aliphatic rings. The standard InChI is InChI=1S/C13H18FNO4/c1-9-11(14)7-10(8-12(9)15)13(16)19-6-5-18-4-3-17-2/h7-8H,3-6,15H2,1-2H3. The number of rotatable bonds is 7. The van der Waals surface area contributed by atoms with Gasteiger partial charge in [-0.2, -0.15) is 0 Å². The summed E-state index contributed by atoms with van der Waals surface area (Å²) < 4.78 is 28.2. The Morgan fingerprint density at radius 2 is 1.95 bits per heavy atom. The third-order valence-electron chi connectivity index (χ3n) is 2.51. The molecule has 2 N–H and O–H groups in total. The van der Waals surface area contributed by atoms with Gasteiger partial charge in [-0.15, -0.1) is 0 Å². The van der Waals surface area contributed by atoms with E-state index in [1.165, 1.54) is 6.07 Å². The lowest BCUT2D eigenvalue weighted by Crippen LogP contribution is -2.13. The SMILES string of the molecule is COCCOCCOC(=O)c1cc(N)c(C)c(F)c1. The number of nitrogen functional groups attached to an aromatic ring is 1. The molecule has 1 aromatic carbocycles. The molecule has 0 saturated carbocycles. The van der Waals surface area contributed by atoms with E-state index in [4.69, 9.17) is 19.9 Å². The molecule has 0 atom stereocenters. The summed E-state index contributed by atoms with van der Waals surface area (Å²) in [5.41, 5.74) is 6.22. The molecule has 0 aliphatic heterocycles. The highest BCUT2D eigenvalue weighted by Gasteiger charge is 2.12. The monoisotopic (exact) mass is 271 g/mol. The van der Waals surface area contributed by atoms with Crippen molar-refractivity contribution in [2.24, 2.45) is 0 Å². The molecule has 0 aliphatic carbocycles. The van der Waals surface area contributed by atoms with Gasteiger partial charge < -0.3 is 19.9 Å². The van der Waals surface area contributed by atoms with E-state index in [2.05, 4.69) is 0 Å². The second-order valence-corrected chi connectivity index (χ2v) is 3.91. The number of anilines is 1. The minimum absolute atomic E-state index is 0.0949. The van der Waals surface area contributed by atoms with E-state index in [9.17, 15) is 9.18 Å². The largest absolute Gasteiger partial charge is 0.460 e. The molecular formula is C13H18FNO4. The number of ether oxygens (including phenoxy) is 3. The van der Waals surface area contributed by atoms with Crippen molar-refractivity contribution < 1.29 is 23.4 Å². The van der Waals surface area contributed by atoms with Crippen LogP contribution in [0.15, 0.2) is 12.1 Å². The molecule has 0 amide bonds. The number of benzene rings is 1. The average molecular weight is 271 g/mol. The number of nitrogens with two attached hydrogens (primary N) is 1. The van der Waals surface area contributed by atoms with Crippen LogP contribution in [-0.4, -0.2) is 39.5 Å². The Bertz CT molecular complexity index is 414. The molecule has 0 aromatic heterocycles. The van der Waals surface area contributed by atoms with E-state index < -0.39 is 11.8 Å². The fourth-order valence-corrected chi connectivity index (χ4v) is 1.34. The molecule has 0 unspecified atom stereocenters. The number of methoxy groups -OCH3 is 1. The van der Waals surface area contributed by atoms with E-state index in [1.807, 2.05) is 0 Å². The van der Waals surface area contributed by atoms with Crippen LogP contribution in [0.3, 0.4) is 0 Å². The Hall–Kier alpha value is -1.66. The molecule has 1 aromatic rings. The fourth-order valence-electron chi connectivity index (χ4n) is 1.34. The number of esters is 1. The van der Waals surface area contributed by atoms with Crippen LogP contribution in [0.5, 0.6) is 0 Å². The zero-order chi connectivity index (χ0) is 14.3. The number of carbonyl (C=O) groups excluding carboxylic acids is 1. The van der Waals surface area contributed by atoms with Gasteiger partial charge in [0.2, 0.25) is 0 Å². The third kappa shape index (κ3) is 4.84. The van der Waals surface area contributed by atoms with Crippen LogP contribution in [0.25, 0.3) is 0 Å². The van der Waals surface area contributed by atoms with Crippen molar-refractivity contribution in [1.29, 1.82) is 0 Å². The van der Waals surface area contributed by atoms with Gasteiger partial charge in [-0.05, 0) is 19.1 Å². The van der Waals surface area contributed by atoms with Crippen LogP contribution in [-0.2, 0) is 14.2 Å². The summed E-state index contributed by atoms with van der Waals surface area (Å²) in [4.78, 5) is 11.6. The van der Waals surface area contributed by atoms with Crippen molar-refractivity contribution in [3.05, 3.63) is 29.1 Å². The summed E-state index contributed by atoms with van der Waals surface area (Å²) in [7, 11) is 1.57. The van der Waals surface area contributed by atoms with Gasteiger partial charge >= 0.3 is 5.97 Å². The highest BCUT2D eigenvalue weighted by molar-refractivity contribution is 5.90. The Labute approximate surface area is 111 Å². The zero-order valence-corrected chi connectivity index (χ0v) is 11.1. The van der Waals surface area contributed by atoms with Gasteiger partial charge in [-0.1, -0.05) is 0 Å². The summed E-state index contributed by atoms with van der Waals surface area (Å²) in [6.07, 6.45) is 0. The van der Waals surface area contributed by atoms with Crippen molar-refractivity contribution >= 4 is 11.7 Å². The lowest BCUT2D eigenvalue weighted by atomic mass is 10.1. The second-order valence-electron chi connectivity index (χ2n) is 3.91. The molecule has 0 heterocycles. The smallest absolute Gasteiger partial charge is 0.338 e. The number of halogens is 1. The Balaban J connectivity index is 2.42. The zero-order valence-electron chi connectivity index (χ0n) is 11.1. The summed E-state index contributed by atoms with van der Waals surface area (Å²) >= 11 is 0. The van der Waals surface area contributed by atoms with E-state index in [-0.39, 0.29) is 24.5 Å². The molecular weight excluding hydrogens is 253 g/mol. The van der Waals surface area contributed by atoms with E-state index >= 15 is 0 Å². The molecule has 6 heteroatoms. The average Bonchev–Trinajstić information content (AvgIpc) is 2.39. The maximum atomic E-state index is 13.4. The van der Waals surface area contributed by atoms with Crippen molar-refractivity contribution in [1.82, 2.24) is 0 Å². The molecule has 0 bridgehead atoms. The summed E-state index contributed by atoms with van der Waals surface area (Å²) in [5.74, 6) is -1.15. The minimum Gasteiger partial charge on any atom is -0.460 e. The van der Waals surface area contributed by atoms with Gasteiger partial charge in [-0.3, -0.25) is 0 Å². The first-order valence-electron chi connectivity index (χ1n) is 5.85. The van der Waals surface area contributed by atoms with Gasteiger partial charge in [-0.25, -0.2) is 9.18 Å². The van der Waals surface area contributed by atoms with Gasteiger partial charge in [0, 0.05) is 18.4 Å². The van der Waals surface area contributed by atoms with Crippen LogP contribution >= 0.6 is 0 Å². The normalized spacial score (nSPS) is 10.5. The van der Waals surface area contributed by atoms with E-state index in [0.717, 1.165) is 6.07 Å². The van der Waals surface area contributed by atoms with Crippen LogP contribution in [0.4, 0.5) is 10.1 Å². The van der Waals surface area contributed by atoms with Crippen molar-refractivity contribution in [2.45, 2.75) is 6.92 Å². The predicted molar refractivity (Wildman–Crippen MR) is 68.5 cm³/mol. The lowest BCUT2D eigenvalue weighted by Gasteiger charge is -2.08. The molecule has 0 radical (unpaired) electrons. The highest BCUT2D eigenvalue weighted by atomic mass is 19.1. The fraction of sp³-hybridized carbons (Fsp3) is 0.462. The number of hydrogen-bond donors (Lipinski definition) is 1. The van der Waals surface area contributed by atoms with Crippen molar-refractivity contribution in [2.75, 3.05) is 39.3 Å². The van der Waals surface area contributed by atoms with Gasteiger partial charge in [0.15, 0.2) is 0 Å². The van der Waals surface area contributed by atoms with Crippen LogP contribution < -0.4 is 5.73 Å².